The van der Waals surface area contributed by atoms with Crippen LogP contribution in [0.5, 0.6) is 0 Å². The Hall–Kier alpha value is -1.33. The van der Waals surface area contributed by atoms with Gasteiger partial charge in [-0.3, -0.25) is 5.21 Å². The summed E-state index contributed by atoms with van der Waals surface area (Å²) in [6.45, 7) is 9.59. The molecule has 94 valence electrons. The van der Waals surface area contributed by atoms with E-state index >= 15 is 0 Å². The van der Waals surface area contributed by atoms with Crippen molar-refractivity contribution in [1.82, 2.24) is 10.2 Å². The van der Waals surface area contributed by atoms with Crippen LogP contribution in [-0.2, 0) is 0 Å². The molecule has 1 N–H and O–H groups in total. The summed E-state index contributed by atoms with van der Waals surface area (Å²) in [5, 5.41) is 13.7. The second-order valence-corrected chi connectivity index (χ2v) is 4.34. The van der Waals surface area contributed by atoms with E-state index in [1.54, 1.807) is 6.92 Å². The van der Waals surface area contributed by atoms with Crippen molar-refractivity contribution in [3.63, 3.8) is 0 Å². The number of halogens is 1. The predicted octanol–water partition coefficient (Wildman–Crippen LogP) is 2.99. The monoisotopic (exact) mass is 257 g/mol. The highest BCUT2D eigenvalue weighted by Gasteiger charge is 2.18. The van der Waals surface area contributed by atoms with Gasteiger partial charge in [0.15, 0.2) is 0 Å². The molecule has 0 saturated heterocycles. The van der Waals surface area contributed by atoms with Crippen LogP contribution in [0, 0.1) is 6.92 Å². The third-order valence-corrected chi connectivity index (χ3v) is 2.55. The molecular formula is C11H16ClN3O2. The van der Waals surface area contributed by atoms with Gasteiger partial charge in [-0.2, -0.15) is 0 Å². The molecule has 0 aliphatic rings. The van der Waals surface area contributed by atoms with Crippen molar-refractivity contribution in [1.29, 1.82) is 0 Å². The number of hydrogen-bond donors (Lipinski definition) is 1. The van der Waals surface area contributed by atoms with Crippen molar-refractivity contribution in [3.05, 3.63) is 23.6 Å². The summed E-state index contributed by atoms with van der Waals surface area (Å²) in [5.74, 6) is 0.826. The number of aryl methyl sites for hydroxylation is 1. The molecule has 17 heavy (non-hydrogen) atoms. The number of aliphatic imine (C=N–C) groups is 1. The number of aromatic nitrogens is 1. The maximum atomic E-state index is 9.11. The summed E-state index contributed by atoms with van der Waals surface area (Å²) < 4.78 is 5.12. The molecule has 0 spiro atoms. The first-order valence-corrected chi connectivity index (χ1v) is 5.54. The maximum absolute atomic E-state index is 9.11. The van der Waals surface area contributed by atoms with Crippen LogP contribution in [0.1, 0.15) is 36.8 Å². The van der Waals surface area contributed by atoms with Gasteiger partial charge in [0.25, 0.3) is 0 Å². The molecule has 0 atom stereocenters. The molecule has 0 aliphatic heterocycles. The molecule has 1 aromatic rings. The first-order chi connectivity index (χ1) is 7.84. The molecule has 0 aliphatic carbocycles. The van der Waals surface area contributed by atoms with Crippen LogP contribution < -0.4 is 0 Å². The fourth-order valence-corrected chi connectivity index (χ4v) is 1.48. The zero-order chi connectivity index (χ0) is 13.2. The Bertz CT molecular complexity index is 450. The smallest absolute Gasteiger partial charge is 0.222 e. The molecular weight excluding hydrogens is 242 g/mol. The molecule has 1 aromatic heterocycles. The van der Waals surface area contributed by atoms with Crippen LogP contribution in [0.25, 0.3) is 5.70 Å². The van der Waals surface area contributed by atoms with E-state index in [1.807, 2.05) is 13.8 Å². The molecule has 0 radical (unpaired) electrons. The number of rotatable bonds is 3. The van der Waals surface area contributed by atoms with E-state index in [2.05, 4.69) is 16.7 Å². The van der Waals surface area contributed by atoms with E-state index < -0.39 is 0 Å². The zero-order valence-electron chi connectivity index (χ0n) is 10.4. The topological polar surface area (TPSA) is 61.9 Å². The van der Waals surface area contributed by atoms with Crippen LogP contribution >= 0.6 is 11.6 Å². The third kappa shape index (κ3) is 3.08. The fourth-order valence-electron chi connectivity index (χ4n) is 1.37. The minimum absolute atomic E-state index is 0.0645. The fraction of sp³-hybridized carbons (Fsp3) is 0.455. The number of hydroxylamine groups is 2. The Balaban J connectivity index is 3.13. The van der Waals surface area contributed by atoms with Gasteiger partial charge in [-0.15, -0.1) is 0 Å². The Morgan fingerprint density at radius 3 is 2.65 bits per heavy atom. The van der Waals surface area contributed by atoms with Crippen LogP contribution in [0.2, 0.25) is 0 Å². The average Bonchev–Trinajstić information content (AvgIpc) is 2.59. The Morgan fingerprint density at radius 1 is 1.59 bits per heavy atom. The number of nitrogens with zero attached hydrogens (tertiary/aromatic N) is 3. The van der Waals surface area contributed by atoms with Gasteiger partial charge in [0.05, 0.1) is 17.0 Å². The Labute approximate surface area is 105 Å². The van der Waals surface area contributed by atoms with Gasteiger partial charge in [-0.25, -0.2) is 10.1 Å². The third-order valence-electron chi connectivity index (χ3n) is 2.22. The van der Waals surface area contributed by atoms with Crippen molar-refractivity contribution in [3.8, 4) is 0 Å². The van der Waals surface area contributed by atoms with Crippen molar-refractivity contribution in [2.75, 3.05) is 7.05 Å². The van der Waals surface area contributed by atoms with E-state index in [0.29, 0.717) is 16.5 Å². The van der Waals surface area contributed by atoms with Crippen molar-refractivity contribution in [2.24, 2.45) is 4.99 Å². The van der Waals surface area contributed by atoms with Crippen molar-refractivity contribution < 1.29 is 9.73 Å². The van der Waals surface area contributed by atoms with E-state index in [0.717, 1.165) is 11.3 Å². The van der Waals surface area contributed by atoms with Crippen molar-refractivity contribution in [2.45, 2.75) is 26.7 Å². The molecule has 0 unspecified atom stereocenters. The first-order valence-electron chi connectivity index (χ1n) is 5.16. The summed E-state index contributed by atoms with van der Waals surface area (Å²) in [7, 11) is 1.38. The predicted molar refractivity (Wildman–Crippen MR) is 67.2 cm³/mol. The van der Waals surface area contributed by atoms with Gasteiger partial charge >= 0.3 is 0 Å². The summed E-state index contributed by atoms with van der Waals surface area (Å²) in [5.41, 5.74) is 1.93. The second-order valence-electron chi connectivity index (χ2n) is 4.00. The first kappa shape index (κ1) is 13.7. The highest BCUT2D eigenvalue weighted by Crippen LogP contribution is 2.28. The zero-order valence-corrected chi connectivity index (χ0v) is 11.1. The van der Waals surface area contributed by atoms with Gasteiger partial charge in [-0.05, 0) is 24.4 Å². The maximum Gasteiger partial charge on any atom is 0.222 e. The van der Waals surface area contributed by atoms with Gasteiger partial charge in [0.1, 0.15) is 5.76 Å². The van der Waals surface area contributed by atoms with Gasteiger partial charge in [0, 0.05) is 7.05 Å². The summed E-state index contributed by atoms with van der Waals surface area (Å²) in [4.78, 5) is 3.99. The molecule has 0 bridgehead atoms. The van der Waals surface area contributed by atoms with E-state index in [4.69, 9.17) is 21.3 Å². The summed E-state index contributed by atoms with van der Waals surface area (Å²) in [6, 6.07) is 0. The van der Waals surface area contributed by atoms with Crippen LogP contribution in [0.15, 0.2) is 16.1 Å². The molecule has 0 amide bonds. The quantitative estimate of drug-likeness (QED) is 0.391. The van der Waals surface area contributed by atoms with Gasteiger partial charge < -0.3 is 4.52 Å². The summed E-state index contributed by atoms with van der Waals surface area (Å²) >= 11 is 5.73. The Morgan fingerprint density at radius 2 is 2.18 bits per heavy atom. The molecule has 1 heterocycles. The molecule has 0 fully saturated rings. The second kappa shape index (κ2) is 5.33. The standard InChI is InChI=1S/C11H16ClN3O2/c1-6(2)10-9(8(4)17-14-10)7(3)13-11(12)15(5)16/h6,16H,3H2,1-2,4-5H3. The lowest BCUT2D eigenvalue weighted by Gasteiger charge is -2.08. The highest BCUT2D eigenvalue weighted by atomic mass is 35.5. The molecule has 0 aromatic carbocycles. The average molecular weight is 258 g/mol. The molecule has 1 rings (SSSR count). The van der Waals surface area contributed by atoms with E-state index in [-0.39, 0.29) is 11.2 Å². The minimum Gasteiger partial charge on any atom is -0.361 e. The van der Waals surface area contributed by atoms with Crippen LogP contribution in [-0.4, -0.2) is 27.8 Å². The lowest BCUT2D eigenvalue weighted by Crippen LogP contribution is -2.17. The number of amidine groups is 1. The highest BCUT2D eigenvalue weighted by molar-refractivity contribution is 6.64. The molecule has 5 nitrogen and oxygen atoms in total. The minimum atomic E-state index is -0.0645. The Kier molecular flexibility index (Phi) is 4.31. The van der Waals surface area contributed by atoms with Crippen molar-refractivity contribution >= 4 is 22.6 Å². The largest absolute Gasteiger partial charge is 0.361 e. The number of hydrogen-bond acceptors (Lipinski definition) is 4. The van der Waals surface area contributed by atoms with Crippen LogP contribution in [0.3, 0.4) is 0 Å². The summed E-state index contributed by atoms with van der Waals surface area (Å²) in [6.07, 6.45) is 0. The molecule has 6 heteroatoms. The SMILES string of the molecule is C=C(N=C(Cl)N(C)O)c1c(C(C)C)noc1C. The lowest BCUT2D eigenvalue weighted by atomic mass is 10.0. The molecule has 0 saturated carbocycles. The van der Waals surface area contributed by atoms with Gasteiger partial charge in [-0.1, -0.05) is 25.6 Å². The van der Waals surface area contributed by atoms with E-state index in [9.17, 15) is 0 Å². The van der Waals surface area contributed by atoms with E-state index in [1.165, 1.54) is 7.05 Å². The normalized spacial score (nSPS) is 12.1. The van der Waals surface area contributed by atoms with Gasteiger partial charge in [0.2, 0.25) is 5.29 Å². The van der Waals surface area contributed by atoms with Crippen LogP contribution in [0.4, 0.5) is 0 Å². The lowest BCUT2D eigenvalue weighted by molar-refractivity contribution is 0.0172.